The Labute approximate surface area is 146 Å². The summed E-state index contributed by atoms with van der Waals surface area (Å²) in [5.41, 5.74) is 0.0826. The summed E-state index contributed by atoms with van der Waals surface area (Å²) in [5, 5.41) is 3.39. The molecule has 6 heteroatoms. The zero-order valence-electron chi connectivity index (χ0n) is 14.4. The summed E-state index contributed by atoms with van der Waals surface area (Å²) in [6, 6.07) is 5.10. The van der Waals surface area contributed by atoms with Crippen LogP contribution in [0.25, 0.3) is 0 Å². The maximum Gasteiger partial charge on any atom is 0.416 e. The maximum atomic E-state index is 12.8. The molecule has 0 atom stereocenters. The zero-order valence-corrected chi connectivity index (χ0v) is 14.4. The van der Waals surface area contributed by atoms with E-state index in [2.05, 4.69) is 5.32 Å². The van der Waals surface area contributed by atoms with Gasteiger partial charge in [-0.25, -0.2) is 0 Å². The lowest BCUT2D eigenvalue weighted by Crippen LogP contribution is -2.38. The van der Waals surface area contributed by atoms with Crippen LogP contribution < -0.4 is 5.32 Å². The highest BCUT2D eigenvalue weighted by Crippen LogP contribution is 2.39. The summed E-state index contributed by atoms with van der Waals surface area (Å²) in [5.74, 6) is -0.0645. The van der Waals surface area contributed by atoms with Crippen LogP contribution in [0.15, 0.2) is 24.3 Å². The second kappa shape index (κ2) is 7.36. The molecule has 3 rings (SSSR count). The highest BCUT2D eigenvalue weighted by molar-refractivity contribution is 5.78. The van der Waals surface area contributed by atoms with Crippen molar-refractivity contribution in [3.05, 3.63) is 35.4 Å². The Morgan fingerprint density at radius 3 is 2.60 bits per heavy atom. The van der Waals surface area contributed by atoms with Crippen LogP contribution in [-0.4, -0.2) is 37.0 Å². The normalized spacial score (nSPS) is 21.2. The number of carbonyl (C=O) groups excluding carboxylic acids is 1. The van der Waals surface area contributed by atoms with Crippen molar-refractivity contribution in [2.24, 2.45) is 5.41 Å². The van der Waals surface area contributed by atoms with E-state index in [1.165, 1.54) is 6.07 Å². The number of nitrogens with zero attached hydrogens (tertiary/aromatic N) is 1. The van der Waals surface area contributed by atoms with E-state index in [0.717, 1.165) is 63.9 Å². The van der Waals surface area contributed by atoms with E-state index in [4.69, 9.17) is 0 Å². The van der Waals surface area contributed by atoms with E-state index in [9.17, 15) is 18.0 Å². The molecule has 138 valence electrons. The van der Waals surface area contributed by atoms with Crippen molar-refractivity contribution in [2.45, 2.75) is 44.7 Å². The standard InChI is InChI=1S/C19H25F3N2O/c20-19(21,22)16-4-1-3-15(13-16)14-17(25)24-11-2-5-18(8-12-24)6-9-23-10-7-18/h1,3-4,13,23H,2,5-12,14H2. The first kappa shape index (κ1) is 18.2. The minimum atomic E-state index is -4.37. The van der Waals surface area contributed by atoms with Gasteiger partial charge < -0.3 is 10.2 Å². The average molecular weight is 354 g/mol. The van der Waals surface area contributed by atoms with Crippen LogP contribution in [0.2, 0.25) is 0 Å². The Bertz CT molecular complexity index is 609. The van der Waals surface area contributed by atoms with Gasteiger partial charge in [0.15, 0.2) is 0 Å². The molecule has 0 aliphatic carbocycles. The molecule has 3 nitrogen and oxygen atoms in total. The Morgan fingerprint density at radius 2 is 1.88 bits per heavy atom. The molecule has 2 fully saturated rings. The quantitative estimate of drug-likeness (QED) is 0.880. The smallest absolute Gasteiger partial charge is 0.342 e. The minimum Gasteiger partial charge on any atom is -0.342 e. The van der Waals surface area contributed by atoms with Gasteiger partial charge in [-0.2, -0.15) is 13.2 Å². The molecule has 1 N–H and O–H groups in total. The Morgan fingerprint density at radius 1 is 1.12 bits per heavy atom. The molecule has 0 saturated carbocycles. The highest BCUT2D eigenvalue weighted by atomic mass is 19.4. The monoisotopic (exact) mass is 354 g/mol. The highest BCUT2D eigenvalue weighted by Gasteiger charge is 2.35. The summed E-state index contributed by atoms with van der Waals surface area (Å²) in [6.07, 6.45) is 1.10. The molecular formula is C19H25F3N2O. The van der Waals surface area contributed by atoms with Crippen molar-refractivity contribution >= 4 is 5.91 Å². The number of benzene rings is 1. The molecule has 1 spiro atoms. The van der Waals surface area contributed by atoms with Gasteiger partial charge in [0.25, 0.3) is 0 Å². The molecule has 0 unspecified atom stereocenters. The lowest BCUT2D eigenvalue weighted by Gasteiger charge is -2.37. The number of rotatable bonds is 2. The third kappa shape index (κ3) is 4.54. The number of likely N-dealkylation sites (tertiary alicyclic amines) is 1. The van der Waals surface area contributed by atoms with Crippen molar-refractivity contribution in [3.8, 4) is 0 Å². The molecule has 1 amide bonds. The molecule has 1 aromatic carbocycles. The molecule has 2 heterocycles. The fourth-order valence-electron chi connectivity index (χ4n) is 4.10. The number of hydrogen-bond donors (Lipinski definition) is 1. The SMILES string of the molecule is O=C(Cc1cccc(C(F)(F)F)c1)N1CCCC2(CCNCC2)CC1. The lowest BCUT2D eigenvalue weighted by atomic mass is 9.73. The number of piperidine rings is 1. The molecule has 2 aliphatic rings. The molecule has 2 saturated heterocycles. The van der Waals surface area contributed by atoms with Crippen LogP contribution in [0.5, 0.6) is 0 Å². The van der Waals surface area contributed by atoms with Gasteiger partial charge in [0.05, 0.1) is 12.0 Å². The Hall–Kier alpha value is -1.56. The predicted molar refractivity (Wildman–Crippen MR) is 90.1 cm³/mol. The molecule has 1 aromatic rings. The van der Waals surface area contributed by atoms with E-state index >= 15 is 0 Å². The number of halogens is 3. The van der Waals surface area contributed by atoms with Crippen LogP contribution in [0.3, 0.4) is 0 Å². The van der Waals surface area contributed by atoms with E-state index in [-0.39, 0.29) is 12.3 Å². The van der Waals surface area contributed by atoms with Gasteiger partial charge in [-0.3, -0.25) is 4.79 Å². The Balaban J connectivity index is 1.62. The van der Waals surface area contributed by atoms with Crippen LogP contribution in [0, 0.1) is 5.41 Å². The molecule has 0 bridgehead atoms. The molecule has 0 aromatic heterocycles. The number of carbonyl (C=O) groups is 1. The van der Waals surface area contributed by atoms with Crippen molar-refractivity contribution < 1.29 is 18.0 Å². The van der Waals surface area contributed by atoms with Gasteiger partial charge in [0.1, 0.15) is 0 Å². The van der Waals surface area contributed by atoms with Crippen LogP contribution in [0.4, 0.5) is 13.2 Å². The van der Waals surface area contributed by atoms with E-state index in [1.807, 2.05) is 4.90 Å². The Kier molecular flexibility index (Phi) is 5.37. The first-order valence-corrected chi connectivity index (χ1v) is 9.03. The summed E-state index contributed by atoms with van der Waals surface area (Å²) in [6.45, 7) is 3.52. The maximum absolute atomic E-state index is 12.8. The van der Waals surface area contributed by atoms with E-state index in [1.54, 1.807) is 6.07 Å². The lowest BCUT2D eigenvalue weighted by molar-refractivity contribution is -0.138. The third-order valence-corrected chi connectivity index (χ3v) is 5.67. The van der Waals surface area contributed by atoms with Crippen LogP contribution in [0.1, 0.15) is 43.2 Å². The summed E-state index contributed by atoms with van der Waals surface area (Å²) >= 11 is 0. The van der Waals surface area contributed by atoms with Gasteiger partial charge in [-0.15, -0.1) is 0 Å². The van der Waals surface area contributed by atoms with E-state index < -0.39 is 11.7 Å². The largest absolute Gasteiger partial charge is 0.416 e. The third-order valence-electron chi connectivity index (χ3n) is 5.67. The van der Waals surface area contributed by atoms with Crippen molar-refractivity contribution in [3.63, 3.8) is 0 Å². The second-order valence-corrected chi connectivity index (χ2v) is 7.36. The van der Waals surface area contributed by atoms with Gasteiger partial charge in [-0.1, -0.05) is 18.2 Å². The summed E-state index contributed by atoms with van der Waals surface area (Å²) < 4.78 is 38.4. The van der Waals surface area contributed by atoms with E-state index in [0.29, 0.717) is 17.5 Å². The fraction of sp³-hybridized carbons (Fsp3) is 0.632. The van der Waals surface area contributed by atoms with Gasteiger partial charge >= 0.3 is 6.18 Å². The fourth-order valence-corrected chi connectivity index (χ4v) is 4.10. The first-order valence-electron chi connectivity index (χ1n) is 9.03. The average Bonchev–Trinajstić information content (AvgIpc) is 2.78. The molecule has 25 heavy (non-hydrogen) atoms. The molecular weight excluding hydrogens is 329 g/mol. The van der Waals surface area contributed by atoms with Crippen molar-refractivity contribution in [1.82, 2.24) is 10.2 Å². The first-order chi connectivity index (χ1) is 11.9. The predicted octanol–water partition coefficient (Wildman–Crippen LogP) is 3.63. The summed E-state index contributed by atoms with van der Waals surface area (Å²) in [4.78, 5) is 14.4. The number of alkyl halides is 3. The van der Waals surface area contributed by atoms with Crippen molar-refractivity contribution in [2.75, 3.05) is 26.2 Å². The van der Waals surface area contributed by atoms with Crippen LogP contribution in [-0.2, 0) is 17.4 Å². The van der Waals surface area contributed by atoms with Gasteiger partial charge in [-0.05, 0) is 62.2 Å². The molecule has 2 aliphatic heterocycles. The second-order valence-electron chi connectivity index (χ2n) is 7.36. The van der Waals surface area contributed by atoms with Gasteiger partial charge in [0, 0.05) is 13.1 Å². The number of hydrogen-bond acceptors (Lipinski definition) is 2. The van der Waals surface area contributed by atoms with Gasteiger partial charge in [0.2, 0.25) is 5.91 Å². The summed E-state index contributed by atoms with van der Waals surface area (Å²) in [7, 11) is 0. The number of amides is 1. The molecule has 0 radical (unpaired) electrons. The topological polar surface area (TPSA) is 32.3 Å². The minimum absolute atomic E-state index is 0.0402. The van der Waals surface area contributed by atoms with Crippen LogP contribution >= 0.6 is 0 Å². The number of nitrogens with one attached hydrogen (secondary N) is 1. The zero-order chi connectivity index (χ0) is 17.9. The van der Waals surface area contributed by atoms with Crippen molar-refractivity contribution in [1.29, 1.82) is 0 Å².